The summed E-state index contributed by atoms with van der Waals surface area (Å²) in [5.41, 5.74) is 1.36. The van der Waals surface area contributed by atoms with Crippen molar-refractivity contribution < 1.29 is 14.1 Å². The van der Waals surface area contributed by atoms with Gasteiger partial charge in [0.05, 0.1) is 11.3 Å². The summed E-state index contributed by atoms with van der Waals surface area (Å²) in [5.74, 6) is 0.542. The lowest BCUT2D eigenvalue weighted by Crippen LogP contribution is -2.44. The van der Waals surface area contributed by atoms with Crippen molar-refractivity contribution in [2.75, 3.05) is 0 Å². The number of pyridine rings is 1. The highest BCUT2D eigenvalue weighted by atomic mass is 16.5. The third-order valence-corrected chi connectivity index (χ3v) is 3.23. The van der Waals surface area contributed by atoms with Crippen LogP contribution < -0.4 is 9.30 Å². The van der Waals surface area contributed by atoms with Gasteiger partial charge in [0.15, 0.2) is 12.4 Å². The molecule has 1 aromatic carbocycles. The number of benzene rings is 1. The van der Waals surface area contributed by atoms with Crippen LogP contribution in [0.25, 0.3) is 0 Å². The molecule has 128 valence electrons. The van der Waals surface area contributed by atoms with E-state index in [-0.39, 0.29) is 5.91 Å². The standard InChI is InChI=1S/C16H15N2O2.2C2H6/c1-13-11-20-15-8-4-3-7-14(15)16(19)18(13)12-17-9-5-2-6-10-17;2*1-2/h2-11H,12H2,1H3;2*1-2H3/q+1;;. The van der Waals surface area contributed by atoms with E-state index in [9.17, 15) is 4.79 Å². The van der Waals surface area contributed by atoms with E-state index in [0.29, 0.717) is 18.0 Å². The van der Waals surface area contributed by atoms with Gasteiger partial charge in [-0.05, 0) is 19.1 Å². The van der Waals surface area contributed by atoms with E-state index in [4.69, 9.17) is 4.74 Å². The Morgan fingerprint density at radius 2 is 1.58 bits per heavy atom. The number of carbonyl (C=O) groups excluding carboxylic acids is 1. The number of fused-ring (bicyclic) bond motifs is 1. The smallest absolute Gasteiger partial charge is 0.266 e. The molecule has 0 bridgehead atoms. The van der Waals surface area contributed by atoms with Crippen molar-refractivity contribution in [1.82, 2.24) is 4.90 Å². The molecule has 1 amide bonds. The molecule has 0 N–H and O–H groups in total. The van der Waals surface area contributed by atoms with Crippen LogP contribution in [0.5, 0.6) is 5.75 Å². The predicted octanol–water partition coefficient (Wildman–Crippen LogP) is 4.38. The Bertz CT molecular complexity index is 666. The highest BCUT2D eigenvalue weighted by Gasteiger charge is 2.26. The molecular weight excluding hydrogens is 300 g/mol. The molecule has 1 aromatic heterocycles. The molecule has 24 heavy (non-hydrogen) atoms. The fourth-order valence-electron chi connectivity index (χ4n) is 2.13. The summed E-state index contributed by atoms with van der Waals surface area (Å²) in [6, 6.07) is 13.1. The summed E-state index contributed by atoms with van der Waals surface area (Å²) in [6.45, 7) is 10.3. The Balaban J connectivity index is 0.000000671. The van der Waals surface area contributed by atoms with Gasteiger partial charge in [0.25, 0.3) is 5.91 Å². The van der Waals surface area contributed by atoms with Gasteiger partial charge in [0, 0.05) is 12.1 Å². The molecule has 3 rings (SSSR count). The first-order valence-corrected chi connectivity index (χ1v) is 8.44. The molecule has 1 aliphatic rings. The van der Waals surface area contributed by atoms with Gasteiger partial charge in [-0.3, -0.25) is 9.69 Å². The van der Waals surface area contributed by atoms with Crippen molar-refractivity contribution in [3.8, 4) is 5.75 Å². The number of hydrogen-bond donors (Lipinski definition) is 0. The normalized spacial score (nSPS) is 12.3. The number of hydrogen-bond acceptors (Lipinski definition) is 2. The van der Waals surface area contributed by atoms with E-state index in [2.05, 4.69) is 0 Å². The van der Waals surface area contributed by atoms with Crippen LogP contribution in [0.4, 0.5) is 0 Å². The molecule has 4 nitrogen and oxygen atoms in total. The van der Waals surface area contributed by atoms with Gasteiger partial charge in [-0.1, -0.05) is 45.9 Å². The highest BCUT2D eigenvalue weighted by molar-refractivity contribution is 5.98. The van der Waals surface area contributed by atoms with E-state index >= 15 is 0 Å². The van der Waals surface area contributed by atoms with Crippen molar-refractivity contribution in [1.29, 1.82) is 0 Å². The first-order valence-electron chi connectivity index (χ1n) is 8.44. The van der Waals surface area contributed by atoms with Gasteiger partial charge in [0.2, 0.25) is 6.67 Å². The maximum atomic E-state index is 12.6. The summed E-state index contributed by atoms with van der Waals surface area (Å²) in [7, 11) is 0. The molecule has 2 aromatic rings. The van der Waals surface area contributed by atoms with Gasteiger partial charge < -0.3 is 4.74 Å². The van der Waals surface area contributed by atoms with Crippen LogP contribution in [0.15, 0.2) is 66.8 Å². The zero-order chi connectivity index (χ0) is 17.9. The van der Waals surface area contributed by atoms with Gasteiger partial charge in [-0.2, -0.15) is 4.57 Å². The fourth-order valence-corrected chi connectivity index (χ4v) is 2.13. The van der Waals surface area contributed by atoms with E-state index in [1.54, 1.807) is 23.3 Å². The van der Waals surface area contributed by atoms with E-state index in [1.807, 2.05) is 81.9 Å². The number of amides is 1. The quantitative estimate of drug-likeness (QED) is 0.767. The Morgan fingerprint density at radius 1 is 0.958 bits per heavy atom. The zero-order valence-electron chi connectivity index (χ0n) is 15.2. The SMILES string of the molecule is CC.CC.CC1=COc2ccccc2C(=O)N1C[n+]1ccccc1. The van der Waals surface area contributed by atoms with Crippen molar-refractivity contribution in [3.05, 3.63) is 72.4 Å². The van der Waals surface area contributed by atoms with E-state index in [0.717, 1.165) is 5.70 Å². The number of rotatable bonds is 2. The summed E-state index contributed by atoms with van der Waals surface area (Å²) < 4.78 is 7.51. The lowest BCUT2D eigenvalue weighted by Gasteiger charge is -2.17. The van der Waals surface area contributed by atoms with Gasteiger partial charge in [-0.25, -0.2) is 0 Å². The minimum atomic E-state index is -0.0526. The maximum absolute atomic E-state index is 12.6. The predicted molar refractivity (Wildman–Crippen MR) is 96.3 cm³/mol. The molecule has 0 saturated carbocycles. The highest BCUT2D eigenvalue weighted by Crippen LogP contribution is 2.25. The molecule has 0 fully saturated rings. The molecule has 0 radical (unpaired) electrons. The van der Waals surface area contributed by atoms with Gasteiger partial charge in [0.1, 0.15) is 12.0 Å². The number of aromatic nitrogens is 1. The number of nitrogens with zero attached hydrogens (tertiary/aromatic N) is 2. The van der Waals surface area contributed by atoms with Crippen molar-refractivity contribution >= 4 is 5.91 Å². The topological polar surface area (TPSA) is 33.4 Å². The maximum Gasteiger partial charge on any atom is 0.266 e. The first kappa shape index (κ1) is 19.4. The lowest BCUT2D eigenvalue weighted by molar-refractivity contribution is -0.711. The van der Waals surface area contributed by atoms with Crippen LogP contribution in [0, 0.1) is 0 Å². The van der Waals surface area contributed by atoms with Crippen LogP contribution in [-0.4, -0.2) is 10.8 Å². The second-order valence-corrected chi connectivity index (χ2v) is 4.64. The lowest BCUT2D eigenvalue weighted by atomic mass is 10.2. The Labute approximate surface area is 145 Å². The third kappa shape index (κ3) is 4.69. The molecule has 0 saturated heterocycles. The minimum Gasteiger partial charge on any atom is -0.462 e. The Hall–Kier alpha value is -2.62. The molecule has 4 heteroatoms. The van der Waals surface area contributed by atoms with Crippen molar-refractivity contribution in [2.24, 2.45) is 0 Å². The minimum absolute atomic E-state index is 0.0526. The van der Waals surface area contributed by atoms with Crippen molar-refractivity contribution in [3.63, 3.8) is 0 Å². The number of allylic oxidation sites excluding steroid dienone is 1. The van der Waals surface area contributed by atoms with Crippen LogP contribution in [0.1, 0.15) is 45.0 Å². The summed E-state index contributed by atoms with van der Waals surface area (Å²) in [5, 5.41) is 0. The second kappa shape index (κ2) is 10.2. The molecular formula is C20H27N2O2+. The number of ether oxygens (including phenoxy) is 1. The fraction of sp³-hybridized carbons (Fsp3) is 0.300. The summed E-state index contributed by atoms with van der Waals surface area (Å²) >= 11 is 0. The summed E-state index contributed by atoms with van der Waals surface area (Å²) in [4.78, 5) is 14.3. The monoisotopic (exact) mass is 327 g/mol. The van der Waals surface area contributed by atoms with Gasteiger partial charge in [-0.15, -0.1) is 0 Å². The van der Waals surface area contributed by atoms with Crippen LogP contribution >= 0.6 is 0 Å². The van der Waals surface area contributed by atoms with Crippen LogP contribution in [-0.2, 0) is 6.67 Å². The second-order valence-electron chi connectivity index (χ2n) is 4.64. The first-order chi connectivity index (χ1) is 11.8. The largest absolute Gasteiger partial charge is 0.462 e. The van der Waals surface area contributed by atoms with E-state index < -0.39 is 0 Å². The molecule has 0 spiro atoms. The van der Waals surface area contributed by atoms with E-state index in [1.165, 1.54) is 0 Å². The molecule has 0 atom stereocenters. The van der Waals surface area contributed by atoms with Crippen LogP contribution in [0.3, 0.4) is 0 Å². The molecule has 2 heterocycles. The number of carbonyl (C=O) groups is 1. The number of para-hydroxylation sites is 1. The molecule has 0 unspecified atom stereocenters. The third-order valence-electron chi connectivity index (χ3n) is 3.23. The van der Waals surface area contributed by atoms with Gasteiger partial charge >= 0.3 is 0 Å². The average molecular weight is 327 g/mol. The summed E-state index contributed by atoms with van der Waals surface area (Å²) in [6.07, 6.45) is 5.48. The Morgan fingerprint density at radius 3 is 2.25 bits per heavy atom. The Kier molecular flexibility index (Phi) is 8.26. The molecule has 0 aliphatic carbocycles. The molecule has 1 aliphatic heterocycles. The average Bonchev–Trinajstić information content (AvgIpc) is 2.78. The zero-order valence-corrected chi connectivity index (χ0v) is 15.2. The van der Waals surface area contributed by atoms with Crippen LogP contribution in [0.2, 0.25) is 0 Å². The van der Waals surface area contributed by atoms with Crippen molar-refractivity contribution in [2.45, 2.75) is 41.3 Å².